The molecule has 1 atom stereocenters. The fraction of sp³-hybridized carbons (Fsp3) is 0.611. The summed E-state index contributed by atoms with van der Waals surface area (Å²) in [7, 11) is 1.92. The molecule has 2 saturated heterocycles. The summed E-state index contributed by atoms with van der Waals surface area (Å²) in [4.78, 5) is 18.5. The summed E-state index contributed by atoms with van der Waals surface area (Å²) < 4.78 is 0. The van der Waals surface area contributed by atoms with Crippen molar-refractivity contribution in [2.75, 3.05) is 51.2 Å². The zero-order valence-corrected chi connectivity index (χ0v) is 14.0. The molecule has 0 bridgehead atoms. The summed E-state index contributed by atoms with van der Waals surface area (Å²) in [5.41, 5.74) is 4.15. The van der Waals surface area contributed by atoms with Gasteiger partial charge in [0.2, 0.25) is 5.91 Å². The standard InChI is InChI=1S/C18H27N3O/c1-14-5-4-6-17(15(14)2)21-9-7-20(8-10-21)13-16-11-18(22)19(3)12-16/h4-6,16H,7-13H2,1-3H3. The number of nitrogens with zero attached hydrogens (tertiary/aromatic N) is 3. The van der Waals surface area contributed by atoms with Crippen molar-refractivity contribution >= 4 is 11.6 Å². The lowest BCUT2D eigenvalue weighted by Gasteiger charge is -2.38. The smallest absolute Gasteiger partial charge is 0.222 e. The zero-order chi connectivity index (χ0) is 15.7. The Kier molecular flexibility index (Phi) is 4.39. The molecule has 2 fully saturated rings. The number of anilines is 1. The van der Waals surface area contributed by atoms with E-state index in [-0.39, 0.29) is 0 Å². The molecule has 2 aliphatic rings. The maximum Gasteiger partial charge on any atom is 0.222 e. The molecule has 1 aromatic rings. The average Bonchev–Trinajstić information content (AvgIpc) is 2.81. The predicted octanol–water partition coefficient (Wildman–Crippen LogP) is 1.90. The Morgan fingerprint density at radius 1 is 1.14 bits per heavy atom. The molecule has 1 amide bonds. The van der Waals surface area contributed by atoms with Gasteiger partial charge in [-0.05, 0) is 37.0 Å². The van der Waals surface area contributed by atoms with Crippen molar-refractivity contribution in [2.45, 2.75) is 20.3 Å². The third-order valence-electron chi connectivity index (χ3n) is 5.23. The van der Waals surface area contributed by atoms with Crippen molar-refractivity contribution < 1.29 is 4.79 Å². The molecule has 4 nitrogen and oxygen atoms in total. The summed E-state index contributed by atoms with van der Waals surface area (Å²) in [6.07, 6.45) is 0.730. The van der Waals surface area contributed by atoms with Crippen LogP contribution in [0.1, 0.15) is 17.5 Å². The number of aryl methyl sites for hydroxylation is 1. The van der Waals surface area contributed by atoms with Gasteiger partial charge in [0.15, 0.2) is 0 Å². The molecule has 2 heterocycles. The van der Waals surface area contributed by atoms with Crippen molar-refractivity contribution in [3.05, 3.63) is 29.3 Å². The highest BCUT2D eigenvalue weighted by Crippen LogP contribution is 2.24. The number of benzene rings is 1. The summed E-state index contributed by atoms with van der Waals surface area (Å²) in [5, 5.41) is 0. The molecule has 22 heavy (non-hydrogen) atoms. The van der Waals surface area contributed by atoms with Gasteiger partial charge in [-0.3, -0.25) is 9.69 Å². The second-order valence-electron chi connectivity index (χ2n) is 6.85. The van der Waals surface area contributed by atoms with E-state index in [0.717, 1.165) is 45.7 Å². The first-order valence-electron chi connectivity index (χ1n) is 8.32. The molecule has 2 aliphatic heterocycles. The molecule has 4 heteroatoms. The third kappa shape index (κ3) is 3.12. The summed E-state index contributed by atoms with van der Waals surface area (Å²) in [6.45, 7) is 10.8. The minimum Gasteiger partial charge on any atom is -0.369 e. The Labute approximate surface area is 133 Å². The fourth-order valence-corrected chi connectivity index (χ4v) is 3.69. The first kappa shape index (κ1) is 15.3. The van der Waals surface area contributed by atoms with E-state index in [9.17, 15) is 4.79 Å². The van der Waals surface area contributed by atoms with Crippen LogP contribution in [0.5, 0.6) is 0 Å². The Bertz CT molecular complexity index is 549. The van der Waals surface area contributed by atoms with Gasteiger partial charge in [0, 0.05) is 58.4 Å². The van der Waals surface area contributed by atoms with E-state index in [0.29, 0.717) is 11.8 Å². The number of hydrogen-bond acceptors (Lipinski definition) is 3. The Morgan fingerprint density at radius 2 is 1.86 bits per heavy atom. The second kappa shape index (κ2) is 6.29. The van der Waals surface area contributed by atoms with Crippen LogP contribution in [-0.4, -0.2) is 62.0 Å². The molecule has 0 aliphatic carbocycles. The molecule has 1 unspecified atom stereocenters. The maximum atomic E-state index is 11.6. The van der Waals surface area contributed by atoms with Gasteiger partial charge in [0.1, 0.15) is 0 Å². The largest absolute Gasteiger partial charge is 0.369 e. The Hall–Kier alpha value is -1.55. The summed E-state index contributed by atoms with van der Waals surface area (Å²) in [6, 6.07) is 6.58. The van der Waals surface area contributed by atoms with Crippen molar-refractivity contribution in [3.8, 4) is 0 Å². The van der Waals surface area contributed by atoms with Gasteiger partial charge in [-0.15, -0.1) is 0 Å². The Balaban J connectivity index is 1.54. The first-order valence-corrected chi connectivity index (χ1v) is 8.32. The number of hydrogen-bond donors (Lipinski definition) is 0. The minimum absolute atomic E-state index is 0.305. The molecule has 3 rings (SSSR count). The topological polar surface area (TPSA) is 26.8 Å². The summed E-state index contributed by atoms with van der Waals surface area (Å²) >= 11 is 0. The van der Waals surface area contributed by atoms with E-state index in [4.69, 9.17) is 0 Å². The van der Waals surface area contributed by atoms with Gasteiger partial charge < -0.3 is 9.80 Å². The van der Waals surface area contributed by atoms with Crippen molar-refractivity contribution in [2.24, 2.45) is 5.92 Å². The van der Waals surface area contributed by atoms with Crippen molar-refractivity contribution in [1.29, 1.82) is 0 Å². The SMILES string of the molecule is Cc1cccc(N2CCN(CC3CC(=O)N(C)C3)CC2)c1C. The highest BCUT2D eigenvalue weighted by atomic mass is 16.2. The van der Waals surface area contributed by atoms with E-state index < -0.39 is 0 Å². The highest BCUT2D eigenvalue weighted by Gasteiger charge is 2.29. The molecule has 1 aromatic carbocycles. The van der Waals surface area contributed by atoms with Crippen LogP contribution in [0.4, 0.5) is 5.69 Å². The quantitative estimate of drug-likeness (QED) is 0.853. The predicted molar refractivity (Wildman–Crippen MR) is 90.3 cm³/mol. The van der Waals surface area contributed by atoms with Gasteiger partial charge in [0.05, 0.1) is 0 Å². The molecule has 0 saturated carbocycles. The van der Waals surface area contributed by atoms with E-state index in [1.807, 2.05) is 11.9 Å². The lowest BCUT2D eigenvalue weighted by molar-refractivity contribution is -0.126. The first-order chi connectivity index (χ1) is 10.5. The van der Waals surface area contributed by atoms with Crippen LogP contribution < -0.4 is 4.90 Å². The van der Waals surface area contributed by atoms with Gasteiger partial charge in [0.25, 0.3) is 0 Å². The average molecular weight is 301 g/mol. The summed E-state index contributed by atoms with van der Waals surface area (Å²) in [5.74, 6) is 0.823. The van der Waals surface area contributed by atoms with E-state index in [1.165, 1.54) is 16.8 Å². The number of rotatable bonds is 3. The molecule has 0 spiro atoms. The van der Waals surface area contributed by atoms with Gasteiger partial charge in [-0.25, -0.2) is 0 Å². The second-order valence-corrected chi connectivity index (χ2v) is 6.85. The maximum absolute atomic E-state index is 11.6. The highest BCUT2D eigenvalue weighted by molar-refractivity contribution is 5.78. The van der Waals surface area contributed by atoms with Crippen LogP contribution in [0.3, 0.4) is 0 Å². The molecular weight excluding hydrogens is 274 g/mol. The van der Waals surface area contributed by atoms with Crippen LogP contribution in [0.25, 0.3) is 0 Å². The van der Waals surface area contributed by atoms with Crippen LogP contribution in [0.2, 0.25) is 0 Å². The number of piperazine rings is 1. The Morgan fingerprint density at radius 3 is 2.50 bits per heavy atom. The number of carbonyl (C=O) groups excluding carboxylic acids is 1. The van der Waals surface area contributed by atoms with Crippen molar-refractivity contribution in [1.82, 2.24) is 9.80 Å². The van der Waals surface area contributed by atoms with Gasteiger partial charge >= 0.3 is 0 Å². The monoisotopic (exact) mass is 301 g/mol. The third-order valence-corrected chi connectivity index (χ3v) is 5.23. The van der Waals surface area contributed by atoms with Gasteiger partial charge in [-0.1, -0.05) is 12.1 Å². The zero-order valence-electron chi connectivity index (χ0n) is 14.0. The number of likely N-dealkylation sites (tertiary alicyclic amines) is 1. The minimum atomic E-state index is 0.305. The fourth-order valence-electron chi connectivity index (χ4n) is 3.69. The van der Waals surface area contributed by atoms with E-state index >= 15 is 0 Å². The van der Waals surface area contributed by atoms with Gasteiger partial charge in [-0.2, -0.15) is 0 Å². The van der Waals surface area contributed by atoms with Crippen LogP contribution in [0, 0.1) is 19.8 Å². The number of amides is 1. The van der Waals surface area contributed by atoms with Crippen LogP contribution >= 0.6 is 0 Å². The van der Waals surface area contributed by atoms with E-state index in [1.54, 1.807) is 0 Å². The molecular formula is C18H27N3O. The lowest BCUT2D eigenvalue weighted by Crippen LogP contribution is -2.48. The lowest BCUT2D eigenvalue weighted by atomic mass is 10.1. The normalized spacial score (nSPS) is 23.4. The van der Waals surface area contributed by atoms with Crippen molar-refractivity contribution in [3.63, 3.8) is 0 Å². The van der Waals surface area contributed by atoms with E-state index in [2.05, 4.69) is 41.8 Å². The molecule has 0 N–H and O–H groups in total. The molecule has 120 valence electrons. The number of carbonyl (C=O) groups is 1. The molecule has 0 aromatic heterocycles. The molecule has 0 radical (unpaired) electrons. The van der Waals surface area contributed by atoms with Crippen LogP contribution in [0.15, 0.2) is 18.2 Å². The van der Waals surface area contributed by atoms with Crippen LogP contribution in [-0.2, 0) is 4.79 Å².